The number of carbonyl (C=O) groups excluding carboxylic acids is 1. The van der Waals surface area contributed by atoms with Crippen LogP contribution in [0.5, 0.6) is 11.5 Å². The Kier molecular flexibility index (Phi) is 8.14. The highest BCUT2D eigenvalue weighted by Gasteiger charge is 2.15. The summed E-state index contributed by atoms with van der Waals surface area (Å²) in [7, 11) is 1.45. The Morgan fingerprint density at radius 1 is 1.12 bits per heavy atom. The highest BCUT2D eigenvalue weighted by molar-refractivity contribution is 6.32. The van der Waals surface area contributed by atoms with Crippen molar-refractivity contribution in [3.63, 3.8) is 0 Å². The van der Waals surface area contributed by atoms with E-state index in [1.807, 2.05) is 18.2 Å². The fourth-order valence-corrected chi connectivity index (χ4v) is 3.34. The maximum absolute atomic E-state index is 12.6. The van der Waals surface area contributed by atoms with Gasteiger partial charge in [0.15, 0.2) is 11.5 Å². The number of nitrogens with zero attached hydrogens (tertiary/aromatic N) is 1. The van der Waals surface area contributed by atoms with Gasteiger partial charge in [0.25, 0.3) is 5.91 Å². The summed E-state index contributed by atoms with van der Waals surface area (Å²) in [6, 6.07) is 17.8. The first kappa shape index (κ1) is 24.6. The Morgan fingerprint density at radius 3 is 2.50 bits per heavy atom. The van der Waals surface area contributed by atoms with Gasteiger partial charge in [0.05, 0.1) is 17.7 Å². The van der Waals surface area contributed by atoms with Gasteiger partial charge in [0.2, 0.25) is 0 Å². The van der Waals surface area contributed by atoms with Crippen LogP contribution in [0.3, 0.4) is 0 Å². The van der Waals surface area contributed by atoms with E-state index < -0.39 is 11.9 Å². The number of methoxy groups -OCH3 is 1. The van der Waals surface area contributed by atoms with E-state index in [1.54, 1.807) is 18.2 Å². The number of nitriles is 1. The maximum atomic E-state index is 12.6. The summed E-state index contributed by atoms with van der Waals surface area (Å²) in [6.07, 6.45) is 1.34. The van der Waals surface area contributed by atoms with Crippen molar-refractivity contribution >= 4 is 46.8 Å². The third kappa shape index (κ3) is 6.29. The van der Waals surface area contributed by atoms with E-state index in [4.69, 9.17) is 37.8 Å². The standard InChI is InChI=1S/C25H18Cl2N2O5/c1-33-22-11-16(10-21(27)23(22)34-14-15-5-7-19(26)8-6-15)9-18(13-28)24(30)29-20-4-2-3-17(12-20)25(31)32/h2-12H,14H2,1H3,(H,29,30)(H,31,32). The molecule has 3 aromatic carbocycles. The molecule has 1 amide bonds. The Hall–Kier alpha value is -3.99. The van der Waals surface area contributed by atoms with Gasteiger partial charge in [-0.2, -0.15) is 5.26 Å². The van der Waals surface area contributed by atoms with Gasteiger partial charge in [0, 0.05) is 10.7 Å². The number of amides is 1. The quantitative estimate of drug-likeness (QED) is 0.300. The first-order valence-electron chi connectivity index (χ1n) is 9.82. The van der Waals surface area contributed by atoms with E-state index in [-0.39, 0.29) is 28.5 Å². The van der Waals surface area contributed by atoms with Crippen LogP contribution in [0.25, 0.3) is 6.08 Å². The largest absolute Gasteiger partial charge is 0.493 e. The molecule has 0 bridgehead atoms. The van der Waals surface area contributed by atoms with E-state index >= 15 is 0 Å². The van der Waals surface area contributed by atoms with Crippen LogP contribution < -0.4 is 14.8 Å². The fourth-order valence-electron chi connectivity index (χ4n) is 2.94. The van der Waals surface area contributed by atoms with E-state index in [1.165, 1.54) is 43.5 Å². The van der Waals surface area contributed by atoms with Crippen LogP contribution in [0.4, 0.5) is 5.69 Å². The first-order valence-corrected chi connectivity index (χ1v) is 10.6. The summed E-state index contributed by atoms with van der Waals surface area (Å²) in [5.74, 6) is -1.21. The van der Waals surface area contributed by atoms with Gasteiger partial charge in [-0.05, 0) is 59.7 Å². The summed E-state index contributed by atoms with van der Waals surface area (Å²) in [4.78, 5) is 23.7. The van der Waals surface area contributed by atoms with Crippen molar-refractivity contribution in [1.29, 1.82) is 5.26 Å². The molecule has 0 unspecified atom stereocenters. The minimum atomic E-state index is -1.13. The van der Waals surface area contributed by atoms with Gasteiger partial charge >= 0.3 is 5.97 Å². The molecule has 9 heteroatoms. The van der Waals surface area contributed by atoms with E-state index in [0.717, 1.165) is 5.56 Å². The summed E-state index contributed by atoms with van der Waals surface area (Å²) >= 11 is 12.3. The molecule has 7 nitrogen and oxygen atoms in total. The van der Waals surface area contributed by atoms with Crippen molar-refractivity contribution in [2.45, 2.75) is 6.61 Å². The average molecular weight is 497 g/mol. The van der Waals surface area contributed by atoms with Crippen LogP contribution in [0, 0.1) is 11.3 Å². The molecular formula is C25H18Cl2N2O5. The predicted molar refractivity (Wildman–Crippen MR) is 129 cm³/mol. The number of hydrogen-bond donors (Lipinski definition) is 2. The number of hydrogen-bond acceptors (Lipinski definition) is 5. The molecule has 0 heterocycles. The van der Waals surface area contributed by atoms with Crippen molar-refractivity contribution in [3.05, 3.63) is 93.0 Å². The molecule has 0 aromatic heterocycles. The number of ether oxygens (including phenoxy) is 2. The summed E-state index contributed by atoms with van der Waals surface area (Å²) in [6.45, 7) is 0.226. The van der Waals surface area contributed by atoms with Crippen LogP contribution in [0.1, 0.15) is 21.5 Å². The Bertz CT molecular complexity index is 1300. The number of carboxylic acids is 1. The number of halogens is 2. The Balaban J connectivity index is 1.81. The topological polar surface area (TPSA) is 109 Å². The summed E-state index contributed by atoms with van der Waals surface area (Å²) < 4.78 is 11.2. The highest BCUT2D eigenvalue weighted by atomic mass is 35.5. The molecule has 0 fully saturated rings. The second kappa shape index (κ2) is 11.2. The van der Waals surface area contributed by atoms with Gasteiger partial charge in [-0.1, -0.05) is 41.4 Å². The van der Waals surface area contributed by atoms with Crippen molar-refractivity contribution in [2.24, 2.45) is 0 Å². The molecule has 0 atom stereocenters. The molecular weight excluding hydrogens is 479 g/mol. The Labute approximate surface area is 205 Å². The smallest absolute Gasteiger partial charge is 0.335 e. The van der Waals surface area contributed by atoms with Gasteiger partial charge in [-0.25, -0.2) is 4.79 Å². The molecule has 0 spiro atoms. The molecule has 34 heavy (non-hydrogen) atoms. The molecule has 0 aliphatic carbocycles. The summed E-state index contributed by atoms with van der Waals surface area (Å²) in [5, 5.41) is 21.9. The number of anilines is 1. The number of carbonyl (C=O) groups is 2. The third-order valence-electron chi connectivity index (χ3n) is 4.59. The first-order chi connectivity index (χ1) is 16.3. The molecule has 0 aliphatic heterocycles. The number of nitrogens with one attached hydrogen (secondary N) is 1. The number of aromatic carboxylic acids is 1. The lowest BCUT2D eigenvalue weighted by Crippen LogP contribution is -2.14. The second-order valence-electron chi connectivity index (χ2n) is 6.96. The zero-order valence-electron chi connectivity index (χ0n) is 17.8. The molecule has 3 rings (SSSR count). The van der Waals surface area contributed by atoms with Crippen LogP contribution in [-0.4, -0.2) is 24.1 Å². The van der Waals surface area contributed by atoms with E-state index in [2.05, 4.69) is 5.32 Å². The van der Waals surface area contributed by atoms with Gasteiger partial charge in [0.1, 0.15) is 18.2 Å². The van der Waals surface area contributed by atoms with Crippen LogP contribution >= 0.6 is 23.2 Å². The SMILES string of the molecule is COc1cc(C=C(C#N)C(=O)Nc2cccc(C(=O)O)c2)cc(Cl)c1OCc1ccc(Cl)cc1. The molecule has 0 saturated heterocycles. The van der Waals surface area contributed by atoms with Gasteiger partial charge in [-0.15, -0.1) is 0 Å². The van der Waals surface area contributed by atoms with Crippen molar-refractivity contribution in [3.8, 4) is 17.6 Å². The minimum Gasteiger partial charge on any atom is -0.493 e. The second-order valence-corrected chi connectivity index (χ2v) is 7.80. The average Bonchev–Trinajstić information content (AvgIpc) is 2.82. The maximum Gasteiger partial charge on any atom is 0.335 e. The highest BCUT2D eigenvalue weighted by Crippen LogP contribution is 2.37. The number of carboxylic acid groups (broad SMARTS) is 1. The van der Waals surface area contributed by atoms with E-state index in [9.17, 15) is 14.9 Å². The van der Waals surface area contributed by atoms with Crippen LogP contribution in [0.15, 0.2) is 66.2 Å². The lowest BCUT2D eigenvalue weighted by atomic mass is 10.1. The number of benzene rings is 3. The van der Waals surface area contributed by atoms with Gasteiger partial charge in [-0.3, -0.25) is 4.79 Å². The van der Waals surface area contributed by atoms with Crippen molar-refractivity contribution < 1.29 is 24.2 Å². The lowest BCUT2D eigenvalue weighted by Gasteiger charge is -2.14. The molecule has 0 saturated carbocycles. The predicted octanol–water partition coefficient (Wildman–Crippen LogP) is 5.82. The van der Waals surface area contributed by atoms with Gasteiger partial charge < -0.3 is 19.9 Å². The molecule has 3 aromatic rings. The minimum absolute atomic E-state index is 0.00555. The van der Waals surface area contributed by atoms with Crippen LogP contribution in [-0.2, 0) is 11.4 Å². The molecule has 172 valence electrons. The molecule has 0 aliphatic rings. The number of rotatable bonds is 8. The lowest BCUT2D eigenvalue weighted by molar-refractivity contribution is -0.112. The zero-order chi connectivity index (χ0) is 24.7. The Morgan fingerprint density at radius 2 is 1.85 bits per heavy atom. The van der Waals surface area contributed by atoms with Crippen molar-refractivity contribution in [2.75, 3.05) is 12.4 Å². The molecule has 0 radical (unpaired) electrons. The monoisotopic (exact) mass is 496 g/mol. The summed E-state index contributed by atoms with van der Waals surface area (Å²) in [5.41, 5.74) is 1.35. The third-order valence-corrected chi connectivity index (χ3v) is 5.12. The molecule has 2 N–H and O–H groups in total. The fraction of sp³-hybridized carbons (Fsp3) is 0.0800. The zero-order valence-corrected chi connectivity index (χ0v) is 19.4. The van der Waals surface area contributed by atoms with Crippen LogP contribution in [0.2, 0.25) is 10.0 Å². The van der Waals surface area contributed by atoms with Crippen molar-refractivity contribution in [1.82, 2.24) is 0 Å². The van der Waals surface area contributed by atoms with E-state index in [0.29, 0.717) is 22.1 Å². The normalized spacial score (nSPS) is 10.8.